The predicted octanol–water partition coefficient (Wildman–Crippen LogP) is 0.846. The van der Waals surface area contributed by atoms with E-state index in [0.717, 1.165) is 5.69 Å². The number of carbonyl (C=O) groups is 3. The van der Waals surface area contributed by atoms with E-state index in [9.17, 15) is 14.4 Å². The predicted molar refractivity (Wildman–Crippen MR) is 68.2 cm³/mol. The van der Waals surface area contributed by atoms with Crippen molar-refractivity contribution in [1.29, 1.82) is 0 Å². The lowest BCUT2D eigenvalue weighted by Crippen LogP contribution is -2.50. The molecule has 0 saturated carbocycles. The molecule has 2 heterocycles. The number of benzene rings is 1. The van der Waals surface area contributed by atoms with Gasteiger partial charge < -0.3 is 4.90 Å². The Bertz CT molecular complexity index is 555. The molecule has 0 aliphatic carbocycles. The summed E-state index contributed by atoms with van der Waals surface area (Å²) in [5, 5.41) is 2.35. The van der Waals surface area contributed by atoms with Crippen molar-refractivity contribution < 1.29 is 14.4 Å². The van der Waals surface area contributed by atoms with Gasteiger partial charge in [0, 0.05) is 25.1 Å². The molecule has 0 aromatic heterocycles. The zero-order chi connectivity index (χ0) is 13.5. The third kappa shape index (κ3) is 1.91. The molecular weight excluding hydrogens is 244 g/mol. The van der Waals surface area contributed by atoms with Crippen molar-refractivity contribution in [3.05, 3.63) is 30.3 Å². The van der Waals surface area contributed by atoms with Crippen molar-refractivity contribution in [3.8, 4) is 0 Å². The first-order chi connectivity index (χ1) is 9.11. The van der Waals surface area contributed by atoms with E-state index in [1.807, 2.05) is 30.3 Å². The minimum absolute atomic E-state index is 0.0595. The van der Waals surface area contributed by atoms with Crippen molar-refractivity contribution in [3.63, 3.8) is 0 Å². The number of anilines is 1. The molecule has 1 atom stereocenters. The second-order valence-corrected chi connectivity index (χ2v) is 5.15. The molecule has 2 fully saturated rings. The number of hydrogen-bond acceptors (Lipinski definition) is 3. The van der Waals surface area contributed by atoms with Crippen LogP contribution in [0, 0.1) is 5.41 Å². The summed E-state index contributed by atoms with van der Waals surface area (Å²) in [7, 11) is 0. The highest BCUT2D eigenvalue weighted by atomic mass is 16.2. The first-order valence-electron chi connectivity index (χ1n) is 6.30. The molecule has 1 N–H and O–H groups in total. The fourth-order valence-corrected chi connectivity index (χ4v) is 2.78. The monoisotopic (exact) mass is 258 g/mol. The van der Waals surface area contributed by atoms with E-state index in [4.69, 9.17) is 0 Å². The van der Waals surface area contributed by atoms with Gasteiger partial charge in [0.05, 0.1) is 5.41 Å². The second kappa shape index (κ2) is 4.19. The Morgan fingerprint density at radius 1 is 1.11 bits per heavy atom. The first-order valence-corrected chi connectivity index (χ1v) is 6.30. The van der Waals surface area contributed by atoms with Gasteiger partial charge in [0.25, 0.3) is 0 Å². The summed E-state index contributed by atoms with van der Waals surface area (Å²) >= 11 is 0. The largest absolute Gasteiger partial charge is 0.311 e. The molecular formula is C14H14N2O3. The molecule has 2 saturated heterocycles. The standard InChI is InChI=1S/C14H14N2O3/c17-11-6-7-14(13(19)15-11)8-12(18)16(9-14)10-4-2-1-3-5-10/h1-5H,6-9H2,(H,15,17,19). The summed E-state index contributed by atoms with van der Waals surface area (Å²) in [5.74, 6) is -0.618. The van der Waals surface area contributed by atoms with Gasteiger partial charge in [0.15, 0.2) is 0 Å². The molecule has 1 aromatic rings. The summed E-state index contributed by atoms with van der Waals surface area (Å²) in [6.45, 7) is 0.356. The number of rotatable bonds is 1. The van der Waals surface area contributed by atoms with Crippen molar-refractivity contribution in [2.45, 2.75) is 19.3 Å². The Kier molecular flexibility index (Phi) is 2.62. The van der Waals surface area contributed by atoms with Gasteiger partial charge in [-0.25, -0.2) is 0 Å². The van der Waals surface area contributed by atoms with E-state index < -0.39 is 5.41 Å². The molecule has 0 bridgehead atoms. The van der Waals surface area contributed by atoms with Gasteiger partial charge in [0.2, 0.25) is 17.7 Å². The van der Waals surface area contributed by atoms with Crippen LogP contribution >= 0.6 is 0 Å². The topological polar surface area (TPSA) is 66.5 Å². The highest BCUT2D eigenvalue weighted by molar-refractivity contribution is 6.07. The van der Waals surface area contributed by atoms with Crippen LogP contribution in [0.5, 0.6) is 0 Å². The molecule has 19 heavy (non-hydrogen) atoms. The number of nitrogens with zero attached hydrogens (tertiary/aromatic N) is 1. The number of para-hydroxylation sites is 1. The van der Waals surface area contributed by atoms with Crippen LogP contribution < -0.4 is 10.2 Å². The molecule has 3 rings (SSSR count). The van der Waals surface area contributed by atoms with Crippen LogP contribution in [0.1, 0.15) is 19.3 Å². The summed E-state index contributed by atoms with van der Waals surface area (Å²) in [6.07, 6.45) is 0.940. The summed E-state index contributed by atoms with van der Waals surface area (Å²) < 4.78 is 0. The quantitative estimate of drug-likeness (QED) is 0.759. The van der Waals surface area contributed by atoms with Crippen LogP contribution in [-0.4, -0.2) is 24.3 Å². The number of piperidine rings is 1. The average molecular weight is 258 g/mol. The highest BCUT2D eigenvalue weighted by Crippen LogP contribution is 2.40. The van der Waals surface area contributed by atoms with Gasteiger partial charge in [-0.2, -0.15) is 0 Å². The van der Waals surface area contributed by atoms with Crippen LogP contribution in [0.4, 0.5) is 5.69 Å². The molecule has 2 aliphatic rings. The van der Waals surface area contributed by atoms with Gasteiger partial charge >= 0.3 is 0 Å². The van der Waals surface area contributed by atoms with Crippen molar-refractivity contribution in [2.75, 3.05) is 11.4 Å². The van der Waals surface area contributed by atoms with Gasteiger partial charge in [0.1, 0.15) is 0 Å². The van der Waals surface area contributed by atoms with Gasteiger partial charge in [-0.05, 0) is 18.6 Å². The minimum Gasteiger partial charge on any atom is -0.311 e. The van der Waals surface area contributed by atoms with E-state index in [2.05, 4.69) is 5.32 Å². The average Bonchev–Trinajstić information content (AvgIpc) is 2.74. The molecule has 98 valence electrons. The molecule has 1 unspecified atom stereocenters. The van der Waals surface area contributed by atoms with Gasteiger partial charge in [-0.1, -0.05) is 18.2 Å². The Morgan fingerprint density at radius 2 is 1.84 bits per heavy atom. The number of imide groups is 1. The fraction of sp³-hybridized carbons (Fsp3) is 0.357. The molecule has 0 radical (unpaired) electrons. The van der Waals surface area contributed by atoms with Crippen LogP contribution in [0.25, 0.3) is 0 Å². The number of carbonyl (C=O) groups excluding carboxylic acids is 3. The van der Waals surface area contributed by atoms with Crippen molar-refractivity contribution >= 4 is 23.4 Å². The maximum Gasteiger partial charge on any atom is 0.235 e. The zero-order valence-electron chi connectivity index (χ0n) is 10.4. The summed E-state index contributed by atoms with van der Waals surface area (Å²) in [5.41, 5.74) is 0.0648. The molecule has 3 amide bonds. The Morgan fingerprint density at radius 3 is 2.53 bits per heavy atom. The van der Waals surface area contributed by atoms with Gasteiger partial charge in [-0.3, -0.25) is 19.7 Å². The van der Waals surface area contributed by atoms with Crippen LogP contribution in [0.15, 0.2) is 30.3 Å². The van der Waals surface area contributed by atoms with E-state index in [-0.39, 0.29) is 24.1 Å². The first kappa shape index (κ1) is 11.9. The normalized spacial score (nSPS) is 26.9. The lowest BCUT2D eigenvalue weighted by Gasteiger charge is -2.30. The van der Waals surface area contributed by atoms with Crippen LogP contribution in [0.3, 0.4) is 0 Å². The lowest BCUT2D eigenvalue weighted by atomic mass is 9.79. The lowest BCUT2D eigenvalue weighted by molar-refractivity contribution is -0.142. The summed E-state index contributed by atoms with van der Waals surface area (Å²) in [6, 6.07) is 9.30. The number of nitrogens with one attached hydrogen (secondary N) is 1. The van der Waals surface area contributed by atoms with E-state index in [1.165, 1.54) is 0 Å². The van der Waals surface area contributed by atoms with Gasteiger partial charge in [-0.15, -0.1) is 0 Å². The highest BCUT2D eigenvalue weighted by Gasteiger charge is 2.51. The Labute approximate surface area is 110 Å². The third-order valence-corrected chi connectivity index (χ3v) is 3.88. The maximum absolute atomic E-state index is 12.1. The molecule has 5 heteroatoms. The number of hydrogen-bond donors (Lipinski definition) is 1. The van der Waals surface area contributed by atoms with E-state index in [0.29, 0.717) is 19.4 Å². The fourth-order valence-electron chi connectivity index (χ4n) is 2.78. The smallest absolute Gasteiger partial charge is 0.235 e. The Hall–Kier alpha value is -2.17. The summed E-state index contributed by atoms with van der Waals surface area (Å²) in [4.78, 5) is 37.0. The number of amides is 3. The van der Waals surface area contributed by atoms with E-state index in [1.54, 1.807) is 4.90 Å². The maximum atomic E-state index is 12.1. The second-order valence-electron chi connectivity index (χ2n) is 5.15. The van der Waals surface area contributed by atoms with Crippen LogP contribution in [0.2, 0.25) is 0 Å². The molecule has 2 aliphatic heterocycles. The Balaban J connectivity index is 1.88. The van der Waals surface area contributed by atoms with Crippen LogP contribution in [-0.2, 0) is 14.4 Å². The SMILES string of the molecule is O=C1CCC2(CC(=O)N(c3ccccc3)C2)C(=O)N1. The third-order valence-electron chi connectivity index (χ3n) is 3.88. The van der Waals surface area contributed by atoms with E-state index >= 15 is 0 Å². The van der Waals surface area contributed by atoms with Crippen molar-refractivity contribution in [1.82, 2.24) is 5.32 Å². The molecule has 1 aromatic carbocycles. The molecule has 1 spiro atoms. The molecule has 5 nitrogen and oxygen atoms in total. The minimum atomic E-state index is -0.735. The van der Waals surface area contributed by atoms with Crippen molar-refractivity contribution in [2.24, 2.45) is 5.41 Å². The zero-order valence-corrected chi connectivity index (χ0v) is 10.4.